The van der Waals surface area contributed by atoms with E-state index in [1.54, 1.807) is 11.3 Å². The molecule has 0 radical (unpaired) electrons. The van der Waals surface area contributed by atoms with Gasteiger partial charge in [-0.05, 0) is 26.0 Å². The molecule has 0 aliphatic carbocycles. The molecule has 0 saturated heterocycles. The highest BCUT2D eigenvalue weighted by Crippen LogP contribution is 2.19. The van der Waals surface area contributed by atoms with Crippen LogP contribution in [-0.4, -0.2) is 21.1 Å². The third-order valence-electron chi connectivity index (χ3n) is 3.71. The Kier molecular flexibility index (Phi) is 4.03. The van der Waals surface area contributed by atoms with Crippen LogP contribution in [-0.2, 0) is 13.5 Å². The topological polar surface area (TPSA) is 42.7 Å². The molecular weight excluding hydrogens is 280 g/mol. The van der Waals surface area contributed by atoms with Crippen molar-refractivity contribution in [2.24, 2.45) is 7.05 Å². The second-order valence-corrected chi connectivity index (χ2v) is 6.36. The highest BCUT2D eigenvalue weighted by Gasteiger charge is 2.13. The molecule has 1 aromatic carbocycles. The first-order valence-corrected chi connectivity index (χ1v) is 8.09. The zero-order valence-electron chi connectivity index (χ0n) is 12.6. The van der Waals surface area contributed by atoms with Crippen LogP contribution in [0, 0.1) is 6.92 Å². The fourth-order valence-corrected chi connectivity index (χ4v) is 3.23. The van der Waals surface area contributed by atoms with E-state index in [4.69, 9.17) is 4.98 Å². The summed E-state index contributed by atoms with van der Waals surface area (Å²) in [6, 6.07) is 8.47. The molecule has 0 amide bonds. The van der Waals surface area contributed by atoms with Crippen LogP contribution in [0.25, 0.3) is 11.0 Å². The number of aryl methyl sites for hydroxylation is 2. The van der Waals surface area contributed by atoms with Crippen LogP contribution in [0.2, 0.25) is 0 Å². The maximum absolute atomic E-state index is 4.73. The van der Waals surface area contributed by atoms with E-state index in [-0.39, 0.29) is 6.04 Å². The Labute approximate surface area is 128 Å². The minimum absolute atomic E-state index is 0.224. The van der Waals surface area contributed by atoms with Gasteiger partial charge >= 0.3 is 0 Å². The van der Waals surface area contributed by atoms with Gasteiger partial charge in [-0.15, -0.1) is 11.3 Å². The lowest BCUT2D eigenvalue weighted by molar-refractivity contribution is 0.534. The summed E-state index contributed by atoms with van der Waals surface area (Å²) in [4.78, 5) is 9.22. The molecular formula is C16H20N4S. The predicted molar refractivity (Wildman–Crippen MR) is 87.7 cm³/mol. The summed E-state index contributed by atoms with van der Waals surface area (Å²) in [6.07, 6.45) is 0.957. The number of benzene rings is 1. The average Bonchev–Trinajstić information content (AvgIpc) is 3.03. The summed E-state index contributed by atoms with van der Waals surface area (Å²) in [5.74, 6) is 1.07. The Morgan fingerprint density at radius 1 is 1.29 bits per heavy atom. The number of hydrogen-bond acceptors (Lipinski definition) is 4. The van der Waals surface area contributed by atoms with Gasteiger partial charge in [0.05, 0.1) is 27.8 Å². The van der Waals surface area contributed by atoms with Gasteiger partial charge in [0.25, 0.3) is 0 Å². The quantitative estimate of drug-likeness (QED) is 0.786. The van der Waals surface area contributed by atoms with Crippen LogP contribution < -0.4 is 5.32 Å². The van der Waals surface area contributed by atoms with Gasteiger partial charge < -0.3 is 9.88 Å². The zero-order chi connectivity index (χ0) is 14.8. The second kappa shape index (κ2) is 5.95. The van der Waals surface area contributed by atoms with E-state index < -0.39 is 0 Å². The van der Waals surface area contributed by atoms with Crippen LogP contribution in [0.4, 0.5) is 0 Å². The second-order valence-electron chi connectivity index (χ2n) is 5.30. The molecule has 110 valence electrons. The largest absolute Gasteiger partial charge is 0.330 e. The third-order valence-corrected chi connectivity index (χ3v) is 4.53. The van der Waals surface area contributed by atoms with Crippen LogP contribution in [0.5, 0.6) is 0 Å². The van der Waals surface area contributed by atoms with Crippen molar-refractivity contribution in [3.05, 3.63) is 46.2 Å². The summed E-state index contributed by atoms with van der Waals surface area (Å²) in [5.41, 5.74) is 3.40. The van der Waals surface area contributed by atoms with Crippen molar-refractivity contribution in [1.29, 1.82) is 0 Å². The molecule has 3 aromatic rings. The number of aromatic nitrogens is 3. The average molecular weight is 300 g/mol. The minimum Gasteiger partial charge on any atom is -0.330 e. The lowest BCUT2D eigenvalue weighted by atomic mass is 10.2. The van der Waals surface area contributed by atoms with Gasteiger partial charge in [0.2, 0.25) is 0 Å². The number of hydrogen-bond donors (Lipinski definition) is 1. The Hall–Kier alpha value is -1.72. The van der Waals surface area contributed by atoms with Crippen LogP contribution in [0.1, 0.15) is 29.5 Å². The van der Waals surface area contributed by atoms with Gasteiger partial charge in [-0.2, -0.15) is 0 Å². The first-order chi connectivity index (χ1) is 10.1. The molecule has 3 rings (SSSR count). The van der Waals surface area contributed by atoms with Crippen molar-refractivity contribution in [3.63, 3.8) is 0 Å². The van der Waals surface area contributed by atoms with Crippen molar-refractivity contribution in [2.75, 3.05) is 6.54 Å². The van der Waals surface area contributed by atoms with Gasteiger partial charge in [-0.1, -0.05) is 12.1 Å². The summed E-state index contributed by atoms with van der Waals surface area (Å²) in [6.45, 7) is 5.12. The smallest absolute Gasteiger partial charge is 0.126 e. The SMILES string of the molecule is Cc1nc(CCN[C@H](C)c2nc3ccccc3n2C)cs1. The van der Waals surface area contributed by atoms with Crippen LogP contribution in [0.15, 0.2) is 29.6 Å². The van der Waals surface area contributed by atoms with E-state index >= 15 is 0 Å². The number of rotatable bonds is 5. The first kappa shape index (κ1) is 14.2. The van der Waals surface area contributed by atoms with Crippen LogP contribution >= 0.6 is 11.3 Å². The fraction of sp³-hybridized carbons (Fsp3) is 0.375. The number of nitrogens with one attached hydrogen (secondary N) is 1. The minimum atomic E-state index is 0.224. The summed E-state index contributed by atoms with van der Waals surface area (Å²) >= 11 is 1.71. The van der Waals surface area contributed by atoms with Gasteiger partial charge in [0.15, 0.2) is 0 Å². The number of nitrogens with zero attached hydrogens (tertiary/aromatic N) is 3. The first-order valence-electron chi connectivity index (χ1n) is 7.21. The molecule has 0 bridgehead atoms. The maximum atomic E-state index is 4.73. The molecule has 21 heavy (non-hydrogen) atoms. The number of imidazole rings is 1. The molecule has 1 N–H and O–H groups in total. The van der Waals surface area contributed by atoms with E-state index in [0.29, 0.717) is 0 Å². The van der Waals surface area contributed by atoms with Gasteiger partial charge in [-0.3, -0.25) is 0 Å². The van der Waals surface area contributed by atoms with Gasteiger partial charge in [0.1, 0.15) is 5.82 Å². The lowest BCUT2D eigenvalue weighted by Crippen LogP contribution is -2.23. The molecule has 0 fully saturated rings. The monoisotopic (exact) mass is 300 g/mol. The molecule has 2 heterocycles. The Balaban J connectivity index is 1.66. The van der Waals surface area contributed by atoms with E-state index in [0.717, 1.165) is 29.3 Å². The lowest BCUT2D eigenvalue weighted by Gasteiger charge is -2.13. The van der Waals surface area contributed by atoms with Crippen molar-refractivity contribution in [1.82, 2.24) is 19.9 Å². The van der Waals surface area contributed by atoms with Crippen molar-refractivity contribution < 1.29 is 0 Å². The molecule has 5 heteroatoms. The Bertz CT molecular complexity index is 744. The van der Waals surface area contributed by atoms with Gasteiger partial charge in [-0.25, -0.2) is 9.97 Å². The van der Waals surface area contributed by atoms with Crippen molar-refractivity contribution in [3.8, 4) is 0 Å². The molecule has 0 unspecified atom stereocenters. The van der Waals surface area contributed by atoms with E-state index in [1.807, 2.05) is 13.0 Å². The highest BCUT2D eigenvalue weighted by molar-refractivity contribution is 7.09. The Morgan fingerprint density at radius 2 is 2.10 bits per heavy atom. The van der Waals surface area contributed by atoms with E-state index in [9.17, 15) is 0 Å². The molecule has 1 atom stereocenters. The van der Waals surface area contributed by atoms with Gasteiger partial charge in [0, 0.05) is 25.4 Å². The predicted octanol–water partition coefficient (Wildman–Crippen LogP) is 3.23. The molecule has 0 spiro atoms. The van der Waals surface area contributed by atoms with Crippen molar-refractivity contribution >= 4 is 22.4 Å². The van der Waals surface area contributed by atoms with Crippen LogP contribution in [0.3, 0.4) is 0 Å². The molecule has 0 saturated carbocycles. The maximum Gasteiger partial charge on any atom is 0.126 e. The number of thiazole rings is 1. The summed E-state index contributed by atoms with van der Waals surface area (Å²) < 4.78 is 2.17. The normalized spacial score (nSPS) is 12.9. The highest BCUT2D eigenvalue weighted by atomic mass is 32.1. The summed E-state index contributed by atoms with van der Waals surface area (Å²) in [7, 11) is 2.08. The Morgan fingerprint density at radius 3 is 2.81 bits per heavy atom. The van der Waals surface area contributed by atoms with Crippen molar-refractivity contribution in [2.45, 2.75) is 26.3 Å². The third kappa shape index (κ3) is 2.99. The summed E-state index contributed by atoms with van der Waals surface area (Å²) in [5, 5.41) is 6.81. The molecule has 4 nitrogen and oxygen atoms in total. The van der Waals surface area contributed by atoms with E-state index in [1.165, 1.54) is 11.2 Å². The number of fused-ring (bicyclic) bond motifs is 1. The standard InChI is InChI=1S/C16H20N4S/c1-11(17-9-8-13-10-21-12(2)18-13)16-19-14-6-4-5-7-15(14)20(16)3/h4-7,10-11,17H,8-9H2,1-3H3/t11-/m1/s1. The number of para-hydroxylation sites is 2. The van der Waals surface area contributed by atoms with E-state index in [2.05, 4.69) is 52.4 Å². The molecule has 0 aliphatic rings. The fourth-order valence-electron chi connectivity index (χ4n) is 2.58. The zero-order valence-corrected chi connectivity index (χ0v) is 13.4. The molecule has 0 aliphatic heterocycles. The molecule has 2 aromatic heterocycles.